The van der Waals surface area contributed by atoms with Gasteiger partial charge in [-0.15, -0.1) is 0 Å². The average Bonchev–Trinajstić information content (AvgIpc) is 4.14. The van der Waals surface area contributed by atoms with Crippen LogP contribution in [0.2, 0.25) is 0 Å². The zero-order valence-electron chi connectivity index (χ0n) is 39.3. The average molecular weight is 919 g/mol. The van der Waals surface area contributed by atoms with Gasteiger partial charge in [-0.2, -0.15) is 0 Å². The monoisotopic (exact) mass is 918 g/mol. The third-order valence-corrected chi connectivity index (χ3v) is 14.9. The van der Waals surface area contributed by atoms with E-state index in [9.17, 15) is 0 Å². The van der Waals surface area contributed by atoms with Crippen molar-refractivity contribution >= 4 is 49.8 Å². The first-order valence-corrected chi connectivity index (χ1v) is 24.7. The van der Waals surface area contributed by atoms with Crippen LogP contribution in [-0.4, -0.2) is 14.1 Å². The molecule has 4 nitrogen and oxygen atoms in total. The number of nitrogens with zero attached hydrogens (tertiary/aromatic N) is 4. The van der Waals surface area contributed by atoms with Crippen molar-refractivity contribution in [1.82, 2.24) is 14.1 Å². The largest absolute Gasteiger partial charge is 0.315 e. The number of aromatic nitrogens is 3. The molecule has 0 saturated carbocycles. The molecule has 4 heteroatoms. The third-order valence-electron chi connectivity index (χ3n) is 14.9. The molecule has 0 spiro atoms. The first kappa shape index (κ1) is 41.5. The standard InChI is InChI=1S/C68H46N4/c1-5-17-52(18-6-1)68(53-19-7-2-8-20-53)63-26-14-13-25-59(63)60-39-37-58(45-64(60)68)71(57-35-29-48(30-36-57)51-16-15-42-69-46-51)56-33-27-47(28-34-56)50-32-40-65-62(44-50)61-38-31-49-41-43-70(54-21-9-3-10-22-54)66(49)67(61)72(65)55-23-11-4-12-24-55/h1-46H. The van der Waals surface area contributed by atoms with Gasteiger partial charge >= 0.3 is 0 Å². The number of benzene rings is 10. The molecule has 3 aromatic heterocycles. The van der Waals surface area contributed by atoms with Gasteiger partial charge in [0.05, 0.1) is 22.0 Å². The van der Waals surface area contributed by atoms with E-state index in [1.165, 1.54) is 66.1 Å². The van der Waals surface area contributed by atoms with Crippen LogP contribution in [0, 0.1) is 0 Å². The molecule has 0 fully saturated rings. The molecule has 0 radical (unpaired) electrons. The Morgan fingerprint density at radius 2 is 0.958 bits per heavy atom. The summed E-state index contributed by atoms with van der Waals surface area (Å²) in [5.74, 6) is 0. The summed E-state index contributed by atoms with van der Waals surface area (Å²) in [6.45, 7) is 0. The molecule has 10 aromatic carbocycles. The summed E-state index contributed by atoms with van der Waals surface area (Å²) in [6, 6.07) is 95.4. The number of rotatable bonds is 9. The van der Waals surface area contributed by atoms with Crippen molar-refractivity contribution in [3.05, 3.63) is 302 Å². The Morgan fingerprint density at radius 3 is 1.62 bits per heavy atom. The van der Waals surface area contributed by atoms with E-state index < -0.39 is 5.41 Å². The lowest BCUT2D eigenvalue weighted by atomic mass is 9.67. The number of fused-ring (bicyclic) bond motifs is 8. The zero-order chi connectivity index (χ0) is 47.6. The minimum atomic E-state index is -0.525. The predicted octanol–water partition coefficient (Wildman–Crippen LogP) is 17.3. The van der Waals surface area contributed by atoms with Crippen LogP contribution < -0.4 is 4.90 Å². The fourth-order valence-corrected chi connectivity index (χ4v) is 11.7. The smallest absolute Gasteiger partial charge is 0.0788 e. The first-order chi connectivity index (χ1) is 35.7. The van der Waals surface area contributed by atoms with Gasteiger partial charge < -0.3 is 14.0 Å². The van der Waals surface area contributed by atoms with E-state index in [2.05, 4.69) is 280 Å². The second-order valence-electron chi connectivity index (χ2n) is 18.8. The zero-order valence-corrected chi connectivity index (χ0v) is 39.3. The molecule has 1 aliphatic rings. The lowest BCUT2D eigenvalue weighted by molar-refractivity contribution is 0.768. The van der Waals surface area contributed by atoms with Gasteiger partial charge in [-0.3, -0.25) is 4.98 Å². The topological polar surface area (TPSA) is 26.0 Å². The van der Waals surface area contributed by atoms with Crippen molar-refractivity contribution in [1.29, 1.82) is 0 Å². The molecule has 3 heterocycles. The molecular formula is C68H46N4. The molecule has 72 heavy (non-hydrogen) atoms. The van der Waals surface area contributed by atoms with Gasteiger partial charge in [-0.1, -0.05) is 176 Å². The lowest BCUT2D eigenvalue weighted by Crippen LogP contribution is -2.28. The number of para-hydroxylation sites is 2. The summed E-state index contributed by atoms with van der Waals surface area (Å²) < 4.78 is 4.77. The normalized spacial score (nSPS) is 12.6. The summed E-state index contributed by atoms with van der Waals surface area (Å²) >= 11 is 0. The second-order valence-corrected chi connectivity index (χ2v) is 18.8. The lowest BCUT2D eigenvalue weighted by Gasteiger charge is -2.35. The summed E-state index contributed by atoms with van der Waals surface area (Å²) in [5.41, 5.74) is 20.6. The minimum absolute atomic E-state index is 0.525. The van der Waals surface area contributed by atoms with Crippen molar-refractivity contribution in [2.75, 3.05) is 4.90 Å². The van der Waals surface area contributed by atoms with Gasteiger partial charge in [0.15, 0.2) is 0 Å². The van der Waals surface area contributed by atoms with Gasteiger partial charge in [0.25, 0.3) is 0 Å². The van der Waals surface area contributed by atoms with E-state index >= 15 is 0 Å². The SMILES string of the molecule is c1ccc(-n2ccc3ccc4c5cc(-c6ccc(N(c7ccc(-c8cccnc8)cc7)c7ccc8c(c7)C(c7ccccc7)(c7ccccc7)c7ccccc7-8)cc6)ccc5n(-c5ccccc5)c4c32)cc1. The van der Waals surface area contributed by atoms with E-state index in [4.69, 9.17) is 0 Å². The molecular weight excluding hydrogens is 873 g/mol. The highest BCUT2D eigenvalue weighted by molar-refractivity contribution is 6.19. The van der Waals surface area contributed by atoms with Crippen molar-refractivity contribution in [3.63, 3.8) is 0 Å². The summed E-state index contributed by atoms with van der Waals surface area (Å²) in [4.78, 5) is 6.83. The Labute approximate surface area is 418 Å². The fraction of sp³-hybridized carbons (Fsp3) is 0.0147. The summed E-state index contributed by atoms with van der Waals surface area (Å²) in [6.07, 6.45) is 5.95. The van der Waals surface area contributed by atoms with Gasteiger partial charge in [-0.05, 0) is 141 Å². The highest BCUT2D eigenvalue weighted by atomic mass is 15.1. The predicted molar refractivity (Wildman–Crippen MR) is 298 cm³/mol. The van der Waals surface area contributed by atoms with Crippen LogP contribution in [0.15, 0.2) is 279 Å². The van der Waals surface area contributed by atoms with Crippen LogP contribution >= 0.6 is 0 Å². The van der Waals surface area contributed by atoms with Crippen molar-refractivity contribution < 1.29 is 0 Å². The summed E-state index contributed by atoms with van der Waals surface area (Å²) in [5, 5.41) is 3.64. The molecule has 338 valence electrons. The van der Waals surface area contributed by atoms with Crippen LogP contribution in [0.4, 0.5) is 17.1 Å². The van der Waals surface area contributed by atoms with Crippen LogP contribution in [0.5, 0.6) is 0 Å². The molecule has 0 unspecified atom stereocenters. The molecule has 0 bridgehead atoms. The van der Waals surface area contributed by atoms with Crippen LogP contribution in [0.25, 0.3) is 77.5 Å². The number of hydrogen-bond acceptors (Lipinski definition) is 2. The Balaban J connectivity index is 0.928. The Kier molecular flexibility index (Phi) is 9.71. The fourth-order valence-electron chi connectivity index (χ4n) is 11.7. The quantitative estimate of drug-likeness (QED) is 0.144. The van der Waals surface area contributed by atoms with Crippen LogP contribution in [0.3, 0.4) is 0 Å². The Bertz CT molecular complexity index is 4070. The van der Waals surface area contributed by atoms with E-state index in [1.807, 2.05) is 18.5 Å². The molecule has 13 aromatic rings. The van der Waals surface area contributed by atoms with Gasteiger partial charge in [0.1, 0.15) is 0 Å². The summed E-state index contributed by atoms with van der Waals surface area (Å²) in [7, 11) is 0. The maximum atomic E-state index is 4.42. The number of hydrogen-bond donors (Lipinski definition) is 0. The molecule has 0 saturated heterocycles. The maximum Gasteiger partial charge on any atom is 0.0788 e. The van der Waals surface area contributed by atoms with E-state index in [1.54, 1.807) is 0 Å². The van der Waals surface area contributed by atoms with Gasteiger partial charge in [0.2, 0.25) is 0 Å². The minimum Gasteiger partial charge on any atom is -0.315 e. The molecule has 14 rings (SSSR count). The molecule has 0 atom stereocenters. The number of pyridine rings is 1. The molecule has 1 aliphatic carbocycles. The highest BCUT2D eigenvalue weighted by Crippen LogP contribution is 2.57. The van der Waals surface area contributed by atoms with Crippen LogP contribution in [0.1, 0.15) is 22.3 Å². The Hall–Kier alpha value is -9.51. The van der Waals surface area contributed by atoms with Crippen molar-refractivity contribution in [2.45, 2.75) is 5.41 Å². The molecule has 0 N–H and O–H groups in total. The van der Waals surface area contributed by atoms with Crippen molar-refractivity contribution in [3.8, 4) is 44.8 Å². The van der Waals surface area contributed by atoms with Crippen molar-refractivity contribution in [2.24, 2.45) is 0 Å². The molecule has 0 amide bonds. The third kappa shape index (κ3) is 6.50. The first-order valence-electron chi connectivity index (χ1n) is 24.7. The molecule has 0 aliphatic heterocycles. The number of anilines is 3. The maximum absolute atomic E-state index is 4.42. The van der Waals surface area contributed by atoms with E-state index in [0.29, 0.717) is 0 Å². The van der Waals surface area contributed by atoms with E-state index in [0.717, 1.165) is 50.7 Å². The van der Waals surface area contributed by atoms with Gasteiger partial charge in [0, 0.05) is 63.2 Å². The second kappa shape index (κ2) is 16.9. The highest BCUT2D eigenvalue weighted by Gasteiger charge is 2.46. The van der Waals surface area contributed by atoms with Gasteiger partial charge in [-0.25, -0.2) is 0 Å². The Morgan fingerprint density at radius 1 is 0.375 bits per heavy atom. The van der Waals surface area contributed by atoms with Crippen LogP contribution in [-0.2, 0) is 5.41 Å². The van der Waals surface area contributed by atoms with E-state index in [-0.39, 0.29) is 0 Å².